The Morgan fingerprint density at radius 3 is 2.70 bits per heavy atom. The first kappa shape index (κ1) is 14.3. The van der Waals surface area contributed by atoms with Crippen molar-refractivity contribution in [1.29, 1.82) is 0 Å². The molecule has 1 aliphatic rings. The lowest BCUT2D eigenvalue weighted by Gasteiger charge is -2.37. The van der Waals surface area contributed by atoms with Gasteiger partial charge in [0.15, 0.2) is 6.61 Å². The van der Waals surface area contributed by atoms with Crippen LogP contribution < -0.4 is 15.8 Å². The average molecular weight is 278 g/mol. The van der Waals surface area contributed by atoms with Gasteiger partial charge in [-0.2, -0.15) is 0 Å². The third-order valence-corrected chi connectivity index (χ3v) is 3.12. The van der Waals surface area contributed by atoms with Gasteiger partial charge in [0.1, 0.15) is 5.75 Å². The van der Waals surface area contributed by atoms with Crippen molar-refractivity contribution in [3.63, 3.8) is 0 Å². The number of benzene rings is 1. The first-order valence-corrected chi connectivity index (χ1v) is 6.36. The van der Waals surface area contributed by atoms with Crippen molar-refractivity contribution in [3.05, 3.63) is 29.8 Å². The first-order valence-electron chi connectivity index (χ1n) is 6.36. The Morgan fingerprint density at radius 1 is 1.40 bits per heavy atom. The summed E-state index contributed by atoms with van der Waals surface area (Å²) in [5.74, 6) is -0.508. The van der Waals surface area contributed by atoms with Gasteiger partial charge in [0, 0.05) is 12.0 Å². The smallest absolute Gasteiger partial charge is 0.257 e. The highest BCUT2D eigenvalue weighted by molar-refractivity contribution is 5.95. The fourth-order valence-corrected chi connectivity index (χ4v) is 1.85. The van der Waals surface area contributed by atoms with Gasteiger partial charge in [-0.3, -0.25) is 9.59 Å². The third-order valence-electron chi connectivity index (χ3n) is 3.12. The van der Waals surface area contributed by atoms with E-state index < -0.39 is 5.91 Å². The Morgan fingerprint density at radius 2 is 2.10 bits per heavy atom. The van der Waals surface area contributed by atoms with E-state index in [-0.39, 0.29) is 23.5 Å². The lowest BCUT2D eigenvalue weighted by Crippen LogP contribution is -2.49. The second-order valence-electron chi connectivity index (χ2n) is 5.23. The molecule has 0 spiro atoms. The summed E-state index contributed by atoms with van der Waals surface area (Å²) in [6.45, 7) is 3.74. The zero-order chi connectivity index (χ0) is 14.6. The number of carbonyl (C=O) groups excluding carboxylic acids is 2. The van der Waals surface area contributed by atoms with Gasteiger partial charge in [-0.25, -0.2) is 0 Å². The molecule has 2 rings (SSSR count). The maximum atomic E-state index is 11.7. The Balaban J connectivity index is 1.82. The molecule has 0 atom stereocenters. The summed E-state index contributed by atoms with van der Waals surface area (Å²) in [7, 11) is 0. The Hall–Kier alpha value is -2.08. The molecule has 0 aromatic heterocycles. The number of nitrogens with one attached hydrogen (secondary N) is 1. The van der Waals surface area contributed by atoms with Crippen LogP contribution in [0, 0.1) is 5.41 Å². The monoisotopic (exact) mass is 278 g/mol. The van der Waals surface area contributed by atoms with E-state index in [1.54, 1.807) is 24.3 Å². The Bertz CT molecular complexity index is 512. The molecule has 1 aromatic rings. The molecule has 0 aliphatic carbocycles. The van der Waals surface area contributed by atoms with Crippen LogP contribution in [0.2, 0.25) is 0 Å². The van der Waals surface area contributed by atoms with E-state index in [1.807, 2.05) is 6.92 Å². The fraction of sp³-hybridized carbons (Fsp3) is 0.429. The highest BCUT2D eigenvalue weighted by Crippen LogP contribution is 2.25. The van der Waals surface area contributed by atoms with Crippen molar-refractivity contribution in [2.45, 2.75) is 6.92 Å². The SMILES string of the molecule is CC1(CNC(=O)COc2ccccc2C(N)=O)COC1. The van der Waals surface area contributed by atoms with Crippen molar-refractivity contribution >= 4 is 11.8 Å². The average Bonchev–Trinajstić information content (AvgIpc) is 2.41. The van der Waals surface area contributed by atoms with Gasteiger partial charge in [0.2, 0.25) is 0 Å². The van der Waals surface area contributed by atoms with Crippen LogP contribution in [0.3, 0.4) is 0 Å². The molecule has 0 saturated carbocycles. The minimum atomic E-state index is -0.583. The van der Waals surface area contributed by atoms with E-state index >= 15 is 0 Å². The van der Waals surface area contributed by atoms with Gasteiger partial charge in [-0.15, -0.1) is 0 Å². The molecule has 0 bridgehead atoms. The Labute approximate surface area is 117 Å². The maximum absolute atomic E-state index is 11.7. The molecule has 1 fully saturated rings. The number of nitrogens with two attached hydrogens (primary N) is 1. The van der Waals surface area contributed by atoms with E-state index in [2.05, 4.69) is 5.32 Å². The number of ether oxygens (including phenoxy) is 2. The second-order valence-corrected chi connectivity index (χ2v) is 5.23. The normalized spacial score (nSPS) is 16.1. The number of para-hydroxylation sites is 1. The number of primary amides is 1. The first-order chi connectivity index (χ1) is 9.50. The van der Waals surface area contributed by atoms with Crippen molar-refractivity contribution in [1.82, 2.24) is 5.32 Å². The minimum absolute atomic E-state index is 0.0147. The van der Waals surface area contributed by atoms with Crippen LogP contribution in [0.25, 0.3) is 0 Å². The molecule has 20 heavy (non-hydrogen) atoms. The lowest BCUT2D eigenvalue weighted by molar-refractivity contribution is -0.128. The predicted octanol–water partition coefficient (Wildman–Crippen LogP) is 0.317. The zero-order valence-electron chi connectivity index (χ0n) is 11.3. The summed E-state index contributed by atoms with van der Waals surface area (Å²) in [5.41, 5.74) is 5.51. The summed E-state index contributed by atoms with van der Waals surface area (Å²) in [6.07, 6.45) is 0. The Kier molecular flexibility index (Phi) is 4.24. The second kappa shape index (κ2) is 5.92. The topological polar surface area (TPSA) is 90.6 Å². The highest BCUT2D eigenvalue weighted by atomic mass is 16.5. The molecular formula is C14H18N2O4. The molecule has 6 nitrogen and oxygen atoms in total. The molecule has 1 heterocycles. The van der Waals surface area contributed by atoms with E-state index in [9.17, 15) is 9.59 Å². The summed E-state index contributed by atoms with van der Waals surface area (Å²) in [6, 6.07) is 6.56. The quantitative estimate of drug-likeness (QED) is 0.784. The van der Waals surface area contributed by atoms with Crippen molar-refractivity contribution < 1.29 is 19.1 Å². The molecule has 3 N–H and O–H groups in total. The van der Waals surface area contributed by atoms with Crippen LogP contribution in [0.1, 0.15) is 17.3 Å². The predicted molar refractivity (Wildman–Crippen MR) is 72.4 cm³/mol. The molecule has 1 aliphatic heterocycles. The van der Waals surface area contributed by atoms with Crippen molar-refractivity contribution in [3.8, 4) is 5.75 Å². The molecule has 1 saturated heterocycles. The summed E-state index contributed by atoms with van der Waals surface area (Å²) in [5, 5.41) is 2.78. The van der Waals surface area contributed by atoms with Gasteiger partial charge in [0.25, 0.3) is 11.8 Å². The van der Waals surface area contributed by atoms with Gasteiger partial charge in [-0.05, 0) is 12.1 Å². The van der Waals surface area contributed by atoms with E-state index in [4.69, 9.17) is 15.2 Å². The largest absolute Gasteiger partial charge is 0.483 e. The zero-order valence-corrected chi connectivity index (χ0v) is 11.3. The molecule has 2 amide bonds. The van der Waals surface area contributed by atoms with E-state index in [0.717, 1.165) is 0 Å². The van der Waals surface area contributed by atoms with E-state index in [1.165, 1.54) is 0 Å². The molecule has 6 heteroatoms. The van der Waals surface area contributed by atoms with E-state index in [0.29, 0.717) is 25.5 Å². The molecule has 0 radical (unpaired) electrons. The van der Waals surface area contributed by atoms with Gasteiger partial charge in [0.05, 0.1) is 18.8 Å². The molecular weight excluding hydrogens is 260 g/mol. The van der Waals surface area contributed by atoms with Crippen LogP contribution in [0.15, 0.2) is 24.3 Å². The molecule has 0 unspecified atom stereocenters. The lowest BCUT2D eigenvalue weighted by atomic mass is 9.89. The number of amides is 2. The number of rotatable bonds is 6. The number of hydrogen-bond donors (Lipinski definition) is 2. The van der Waals surface area contributed by atoms with Crippen LogP contribution in [-0.2, 0) is 9.53 Å². The summed E-state index contributed by atoms with van der Waals surface area (Å²) in [4.78, 5) is 22.9. The minimum Gasteiger partial charge on any atom is -0.483 e. The van der Waals surface area contributed by atoms with Crippen LogP contribution in [-0.4, -0.2) is 38.2 Å². The highest BCUT2D eigenvalue weighted by Gasteiger charge is 2.33. The molecule has 108 valence electrons. The summed E-state index contributed by atoms with van der Waals surface area (Å²) >= 11 is 0. The van der Waals surface area contributed by atoms with Crippen LogP contribution in [0.5, 0.6) is 5.75 Å². The van der Waals surface area contributed by atoms with Crippen LogP contribution >= 0.6 is 0 Å². The van der Waals surface area contributed by atoms with Gasteiger partial charge in [-0.1, -0.05) is 19.1 Å². The number of hydrogen-bond acceptors (Lipinski definition) is 4. The van der Waals surface area contributed by atoms with Crippen molar-refractivity contribution in [2.24, 2.45) is 11.1 Å². The summed E-state index contributed by atoms with van der Waals surface area (Å²) < 4.78 is 10.4. The van der Waals surface area contributed by atoms with Crippen LogP contribution in [0.4, 0.5) is 0 Å². The standard InChI is InChI=1S/C14H18N2O4/c1-14(8-19-9-14)7-16-12(17)6-20-11-5-3-2-4-10(11)13(15)18/h2-5H,6-9H2,1H3,(H2,15,18)(H,16,17). The number of carbonyl (C=O) groups is 2. The van der Waals surface area contributed by atoms with Crippen molar-refractivity contribution in [2.75, 3.05) is 26.4 Å². The fourth-order valence-electron chi connectivity index (χ4n) is 1.85. The molecule has 1 aromatic carbocycles. The third kappa shape index (κ3) is 3.48. The van der Waals surface area contributed by atoms with Gasteiger partial charge >= 0.3 is 0 Å². The maximum Gasteiger partial charge on any atom is 0.257 e. The van der Waals surface area contributed by atoms with Gasteiger partial charge < -0.3 is 20.5 Å².